The molecule has 0 bridgehead atoms. The van der Waals surface area contributed by atoms with Crippen LogP contribution < -0.4 is 0 Å². The van der Waals surface area contributed by atoms with Gasteiger partial charge in [-0.2, -0.15) is 0 Å². The van der Waals surface area contributed by atoms with E-state index in [2.05, 4.69) is 77.5 Å². The van der Waals surface area contributed by atoms with E-state index in [0.717, 1.165) is 22.8 Å². The van der Waals surface area contributed by atoms with Gasteiger partial charge in [-0.1, -0.05) is 36.7 Å². The summed E-state index contributed by atoms with van der Waals surface area (Å²) < 4.78 is 10.1. The Labute approximate surface area is 155 Å². The number of nitrogens with zero attached hydrogens (tertiary/aromatic N) is 2. The molecule has 132 valence electrons. The summed E-state index contributed by atoms with van der Waals surface area (Å²) >= 11 is 3.58. The quantitative estimate of drug-likeness (QED) is 0.556. The lowest BCUT2D eigenvalue weighted by molar-refractivity contribution is 0.119. The summed E-state index contributed by atoms with van der Waals surface area (Å²) in [5, 5.41) is 0.288. The molecule has 0 spiro atoms. The van der Waals surface area contributed by atoms with E-state index >= 15 is 0 Å². The summed E-state index contributed by atoms with van der Waals surface area (Å²) in [4.78, 5) is 4.56. The average Bonchev–Trinajstić information content (AvgIpc) is 2.89. The molecule has 1 fully saturated rings. The number of benzene rings is 1. The van der Waals surface area contributed by atoms with E-state index in [1.165, 1.54) is 18.4 Å². The van der Waals surface area contributed by atoms with Crippen molar-refractivity contribution in [2.24, 2.45) is 0 Å². The first-order chi connectivity index (χ1) is 11.2. The Kier molecular flexibility index (Phi) is 4.97. The fraction of sp³-hybridized carbons (Fsp3) is 0.632. The second-order valence-corrected chi connectivity index (χ2v) is 14.3. The van der Waals surface area contributed by atoms with E-state index in [9.17, 15) is 0 Å². The third kappa shape index (κ3) is 3.63. The maximum atomic E-state index is 6.62. The highest BCUT2D eigenvalue weighted by Gasteiger charge is 2.39. The van der Waals surface area contributed by atoms with E-state index < -0.39 is 8.32 Å². The van der Waals surface area contributed by atoms with E-state index in [0.29, 0.717) is 12.1 Å². The maximum Gasteiger partial charge on any atom is 0.192 e. The minimum absolute atomic E-state index is 0.288. The molecule has 0 aliphatic heterocycles. The number of rotatable bonds is 3. The van der Waals surface area contributed by atoms with Crippen LogP contribution in [-0.2, 0) is 4.43 Å². The molecule has 0 amide bonds. The molecule has 5 heteroatoms. The summed E-state index contributed by atoms with van der Waals surface area (Å²) in [6.45, 7) is 11.7. The van der Waals surface area contributed by atoms with Crippen molar-refractivity contribution in [3.8, 4) is 0 Å². The minimum atomic E-state index is -1.66. The van der Waals surface area contributed by atoms with Crippen molar-refractivity contribution in [2.45, 2.75) is 76.7 Å². The zero-order valence-corrected chi connectivity index (χ0v) is 18.1. The summed E-state index contributed by atoms with van der Waals surface area (Å²) in [7, 11) is -1.66. The van der Waals surface area contributed by atoms with Crippen LogP contribution in [0.15, 0.2) is 29.0 Å². The number of aromatic nitrogens is 2. The van der Waals surface area contributed by atoms with E-state index in [4.69, 9.17) is 4.43 Å². The lowest BCUT2D eigenvalue weighted by Crippen LogP contribution is -2.44. The number of imidazole rings is 1. The molecule has 0 unspecified atom stereocenters. The second-order valence-electron chi connectivity index (χ2n) is 8.59. The first-order valence-electron chi connectivity index (χ1n) is 8.97. The van der Waals surface area contributed by atoms with Gasteiger partial charge in [-0.15, -0.1) is 0 Å². The van der Waals surface area contributed by atoms with Gasteiger partial charge in [-0.25, -0.2) is 4.98 Å². The summed E-state index contributed by atoms with van der Waals surface area (Å²) in [5.74, 6) is 0. The third-order valence-corrected chi connectivity index (χ3v) is 10.9. The van der Waals surface area contributed by atoms with Gasteiger partial charge in [0, 0.05) is 16.6 Å². The molecule has 1 aromatic carbocycles. The van der Waals surface area contributed by atoms with Gasteiger partial charge in [0.1, 0.15) is 0 Å². The predicted molar refractivity (Wildman–Crippen MR) is 107 cm³/mol. The van der Waals surface area contributed by atoms with Gasteiger partial charge >= 0.3 is 0 Å². The molecule has 2 aromatic rings. The van der Waals surface area contributed by atoms with Gasteiger partial charge in [0.15, 0.2) is 8.32 Å². The molecule has 1 aliphatic carbocycles. The lowest BCUT2D eigenvalue weighted by Gasteiger charge is -2.41. The van der Waals surface area contributed by atoms with Crippen LogP contribution in [0.25, 0.3) is 11.0 Å². The minimum Gasteiger partial charge on any atom is -0.414 e. The van der Waals surface area contributed by atoms with Crippen LogP contribution in [-0.4, -0.2) is 24.0 Å². The highest BCUT2D eigenvalue weighted by atomic mass is 79.9. The molecule has 1 aromatic heterocycles. The van der Waals surface area contributed by atoms with Crippen LogP contribution in [0.4, 0.5) is 0 Å². The van der Waals surface area contributed by atoms with Crippen molar-refractivity contribution in [3.63, 3.8) is 0 Å². The number of hydrogen-bond acceptors (Lipinski definition) is 2. The highest BCUT2D eigenvalue weighted by molar-refractivity contribution is 9.10. The van der Waals surface area contributed by atoms with E-state index in [1.54, 1.807) is 0 Å². The highest BCUT2D eigenvalue weighted by Crippen LogP contribution is 2.40. The molecular weight excluding hydrogens is 380 g/mol. The molecule has 0 radical (unpaired) electrons. The smallest absolute Gasteiger partial charge is 0.192 e. The first-order valence-corrected chi connectivity index (χ1v) is 12.7. The Morgan fingerprint density at radius 1 is 1.17 bits per heavy atom. The Hall–Kier alpha value is -0.653. The number of halogens is 1. The fourth-order valence-electron chi connectivity index (χ4n) is 3.32. The van der Waals surface area contributed by atoms with Crippen LogP contribution >= 0.6 is 15.9 Å². The molecule has 0 N–H and O–H groups in total. The largest absolute Gasteiger partial charge is 0.414 e. The monoisotopic (exact) mass is 408 g/mol. The van der Waals surface area contributed by atoms with Crippen LogP contribution in [0.3, 0.4) is 0 Å². The Bertz CT molecular complexity index is 712. The molecule has 24 heavy (non-hydrogen) atoms. The first kappa shape index (κ1) is 18.1. The normalized spacial score (nSPS) is 22.9. The Morgan fingerprint density at radius 3 is 2.46 bits per heavy atom. The zero-order valence-electron chi connectivity index (χ0n) is 15.5. The van der Waals surface area contributed by atoms with Gasteiger partial charge in [0.2, 0.25) is 0 Å². The number of fused-ring (bicyclic) bond motifs is 1. The van der Waals surface area contributed by atoms with E-state index in [-0.39, 0.29) is 5.04 Å². The van der Waals surface area contributed by atoms with Crippen LogP contribution in [0.5, 0.6) is 0 Å². The van der Waals surface area contributed by atoms with Gasteiger partial charge in [0.25, 0.3) is 0 Å². The zero-order chi connectivity index (χ0) is 17.5. The van der Waals surface area contributed by atoms with Crippen molar-refractivity contribution in [1.82, 2.24) is 9.55 Å². The molecule has 1 heterocycles. The standard InChI is InChI=1S/C19H29BrN2OSi/c1-19(2,3)24(4,5)23-16-9-7-15(8-10-16)22-13-21-17-11-6-14(20)12-18(17)22/h6,11-13,15-16H,7-10H2,1-5H3. The molecule has 3 nitrogen and oxygen atoms in total. The van der Waals surface area contributed by atoms with Crippen LogP contribution in [0.2, 0.25) is 18.1 Å². The molecule has 0 saturated heterocycles. The second kappa shape index (κ2) is 6.58. The van der Waals surface area contributed by atoms with Gasteiger partial charge in [-0.3, -0.25) is 0 Å². The van der Waals surface area contributed by atoms with Crippen molar-refractivity contribution in [1.29, 1.82) is 0 Å². The van der Waals surface area contributed by atoms with E-state index in [1.807, 2.05) is 6.33 Å². The summed E-state index contributed by atoms with van der Waals surface area (Å²) in [6, 6.07) is 6.87. The van der Waals surface area contributed by atoms with Gasteiger partial charge < -0.3 is 8.99 Å². The van der Waals surface area contributed by atoms with Crippen molar-refractivity contribution in [3.05, 3.63) is 29.0 Å². The average molecular weight is 409 g/mol. The Balaban J connectivity index is 1.68. The third-order valence-electron chi connectivity index (χ3n) is 5.84. The van der Waals surface area contributed by atoms with Gasteiger partial charge in [-0.05, 0) is 62.0 Å². The van der Waals surface area contributed by atoms with Crippen LogP contribution in [0.1, 0.15) is 52.5 Å². The maximum absolute atomic E-state index is 6.62. The SMILES string of the molecule is CC(C)(C)[Si](C)(C)OC1CCC(n2cnc3ccc(Br)cc32)CC1. The van der Waals surface area contributed by atoms with Crippen molar-refractivity contribution >= 4 is 35.3 Å². The molecule has 3 rings (SSSR count). The molecule has 1 saturated carbocycles. The summed E-state index contributed by atoms with van der Waals surface area (Å²) in [6.07, 6.45) is 7.12. The Morgan fingerprint density at radius 2 is 1.83 bits per heavy atom. The topological polar surface area (TPSA) is 27.1 Å². The van der Waals surface area contributed by atoms with Crippen LogP contribution in [0, 0.1) is 0 Å². The van der Waals surface area contributed by atoms with Crippen molar-refractivity contribution in [2.75, 3.05) is 0 Å². The molecular formula is C19H29BrN2OSi. The van der Waals surface area contributed by atoms with Gasteiger partial charge in [0.05, 0.1) is 17.4 Å². The summed E-state index contributed by atoms with van der Waals surface area (Å²) in [5.41, 5.74) is 2.32. The number of hydrogen-bond donors (Lipinski definition) is 0. The lowest BCUT2D eigenvalue weighted by atomic mass is 9.93. The van der Waals surface area contributed by atoms with Crippen molar-refractivity contribution < 1.29 is 4.43 Å². The fourth-order valence-corrected chi connectivity index (χ4v) is 5.10. The molecule has 1 aliphatic rings. The predicted octanol–water partition coefficient (Wildman–Crippen LogP) is 6.30. The molecule has 0 atom stereocenters.